The standard InChI is InChI=1S/C14H16S2/c1-9-7-13(11(3)15-9)5-6-14-8-10(2)16-12(14)4/h5-8H,1-4H3. The molecule has 0 unspecified atom stereocenters. The molecule has 0 saturated heterocycles. The Morgan fingerprint density at radius 2 is 1.12 bits per heavy atom. The van der Waals surface area contributed by atoms with Gasteiger partial charge in [0.25, 0.3) is 0 Å². The summed E-state index contributed by atoms with van der Waals surface area (Å²) in [6, 6.07) is 4.51. The summed E-state index contributed by atoms with van der Waals surface area (Å²) < 4.78 is 0. The van der Waals surface area contributed by atoms with Crippen molar-refractivity contribution >= 4 is 34.8 Å². The molecule has 0 bridgehead atoms. The van der Waals surface area contributed by atoms with Crippen LogP contribution in [0.5, 0.6) is 0 Å². The number of rotatable bonds is 2. The molecule has 0 nitrogen and oxygen atoms in total. The highest BCUT2D eigenvalue weighted by Crippen LogP contribution is 2.25. The molecule has 0 aliphatic rings. The van der Waals surface area contributed by atoms with E-state index in [1.54, 1.807) is 0 Å². The number of thiophene rings is 2. The molecule has 0 amide bonds. The molecule has 2 heteroatoms. The van der Waals surface area contributed by atoms with Crippen molar-refractivity contribution in [1.29, 1.82) is 0 Å². The summed E-state index contributed by atoms with van der Waals surface area (Å²) in [6.07, 6.45) is 4.46. The van der Waals surface area contributed by atoms with Gasteiger partial charge in [-0.05, 0) is 51.0 Å². The van der Waals surface area contributed by atoms with E-state index in [-0.39, 0.29) is 0 Å². The predicted molar refractivity (Wildman–Crippen MR) is 76.5 cm³/mol. The maximum atomic E-state index is 2.26. The van der Waals surface area contributed by atoms with E-state index in [2.05, 4.69) is 52.0 Å². The first-order valence-corrected chi connectivity index (χ1v) is 7.01. The Kier molecular flexibility index (Phi) is 3.31. The highest BCUT2D eigenvalue weighted by atomic mass is 32.1. The van der Waals surface area contributed by atoms with E-state index in [1.807, 2.05) is 22.7 Å². The minimum Gasteiger partial charge on any atom is -0.145 e. The Labute approximate surface area is 105 Å². The summed E-state index contributed by atoms with van der Waals surface area (Å²) in [4.78, 5) is 5.57. The Hall–Kier alpha value is -0.860. The Morgan fingerprint density at radius 1 is 0.750 bits per heavy atom. The first-order valence-electron chi connectivity index (χ1n) is 5.38. The van der Waals surface area contributed by atoms with Crippen LogP contribution >= 0.6 is 22.7 Å². The third-order valence-corrected chi connectivity index (χ3v) is 4.56. The summed E-state index contributed by atoms with van der Waals surface area (Å²) >= 11 is 3.73. The van der Waals surface area contributed by atoms with Gasteiger partial charge < -0.3 is 0 Å². The van der Waals surface area contributed by atoms with E-state index in [4.69, 9.17) is 0 Å². The quantitative estimate of drug-likeness (QED) is 0.684. The fourth-order valence-electron chi connectivity index (χ4n) is 1.81. The van der Waals surface area contributed by atoms with Gasteiger partial charge in [-0.25, -0.2) is 0 Å². The lowest BCUT2D eigenvalue weighted by Crippen LogP contribution is -1.71. The van der Waals surface area contributed by atoms with Gasteiger partial charge in [0.2, 0.25) is 0 Å². The van der Waals surface area contributed by atoms with Crippen molar-refractivity contribution in [1.82, 2.24) is 0 Å². The molecule has 2 heterocycles. The van der Waals surface area contributed by atoms with E-state index in [0.717, 1.165) is 0 Å². The van der Waals surface area contributed by atoms with Gasteiger partial charge in [-0.15, -0.1) is 22.7 Å². The van der Waals surface area contributed by atoms with Crippen LogP contribution in [0, 0.1) is 27.7 Å². The zero-order valence-corrected chi connectivity index (χ0v) is 11.8. The summed E-state index contributed by atoms with van der Waals surface area (Å²) in [5.74, 6) is 0. The monoisotopic (exact) mass is 248 g/mol. The highest BCUT2D eigenvalue weighted by Gasteiger charge is 2.01. The fraction of sp³-hybridized carbons (Fsp3) is 0.286. The predicted octanol–water partition coefficient (Wildman–Crippen LogP) is 5.21. The van der Waals surface area contributed by atoms with Crippen LogP contribution in [0.3, 0.4) is 0 Å². The average molecular weight is 248 g/mol. The van der Waals surface area contributed by atoms with Crippen LogP contribution in [0.15, 0.2) is 12.1 Å². The van der Waals surface area contributed by atoms with Gasteiger partial charge in [0.15, 0.2) is 0 Å². The zero-order valence-electron chi connectivity index (χ0n) is 10.1. The molecule has 2 rings (SSSR count). The molecule has 2 aromatic heterocycles. The van der Waals surface area contributed by atoms with Gasteiger partial charge in [0, 0.05) is 19.5 Å². The summed E-state index contributed by atoms with van der Waals surface area (Å²) in [7, 11) is 0. The molecule has 0 N–H and O–H groups in total. The first kappa shape index (κ1) is 11.6. The lowest BCUT2D eigenvalue weighted by molar-refractivity contribution is 1.56. The minimum absolute atomic E-state index is 1.35. The van der Waals surface area contributed by atoms with Gasteiger partial charge in [-0.2, -0.15) is 0 Å². The van der Waals surface area contributed by atoms with E-state index >= 15 is 0 Å². The highest BCUT2D eigenvalue weighted by molar-refractivity contribution is 7.12. The molecule has 0 fully saturated rings. The third kappa shape index (κ3) is 2.45. The second-order valence-corrected chi connectivity index (χ2v) is 6.99. The van der Waals surface area contributed by atoms with Crippen molar-refractivity contribution in [2.24, 2.45) is 0 Å². The minimum atomic E-state index is 1.35. The average Bonchev–Trinajstić information content (AvgIpc) is 2.66. The van der Waals surface area contributed by atoms with Gasteiger partial charge in [-0.1, -0.05) is 12.2 Å². The normalized spacial score (nSPS) is 11.5. The van der Waals surface area contributed by atoms with E-state index in [1.165, 1.54) is 30.6 Å². The van der Waals surface area contributed by atoms with Crippen LogP contribution in [0.1, 0.15) is 30.6 Å². The SMILES string of the molecule is Cc1cc(C=Cc2cc(C)sc2C)c(C)s1. The summed E-state index contributed by atoms with van der Waals surface area (Å²) in [6.45, 7) is 8.69. The molecule has 0 atom stereocenters. The van der Waals surface area contributed by atoms with E-state index in [0.29, 0.717) is 0 Å². The Morgan fingerprint density at radius 3 is 1.38 bits per heavy atom. The lowest BCUT2D eigenvalue weighted by atomic mass is 10.2. The topological polar surface area (TPSA) is 0 Å². The van der Waals surface area contributed by atoms with Gasteiger partial charge >= 0.3 is 0 Å². The van der Waals surface area contributed by atoms with Crippen LogP contribution in [-0.2, 0) is 0 Å². The molecular weight excluding hydrogens is 232 g/mol. The number of aryl methyl sites for hydroxylation is 4. The van der Waals surface area contributed by atoms with Crippen LogP contribution < -0.4 is 0 Å². The van der Waals surface area contributed by atoms with E-state index < -0.39 is 0 Å². The zero-order chi connectivity index (χ0) is 11.7. The smallest absolute Gasteiger partial charge is 0.00894 e. The van der Waals surface area contributed by atoms with Crippen molar-refractivity contribution < 1.29 is 0 Å². The molecule has 0 aliphatic carbocycles. The van der Waals surface area contributed by atoms with Crippen LogP contribution in [0.25, 0.3) is 12.2 Å². The Bertz CT molecular complexity index is 479. The summed E-state index contributed by atoms with van der Waals surface area (Å²) in [5.41, 5.74) is 2.71. The molecule has 84 valence electrons. The van der Waals surface area contributed by atoms with Gasteiger partial charge in [-0.3, -0.25) is 0 Å². The van der Waals surface area contributed by atoms with Crippen LogP contribution in [-0.4, -0.2) is 0 Å². The third-order valence-electron chi connectivity index (χ3n) is 2.60. The van der Waals surface area contributed by atoms with Crippen molar-refractivity contribution in [3.05, 3.63) is 42.8 Å². The maximum absolute atomic E-state index is 2.26. The molecule has 0 aromatic carbocycles. The summed E-state index contributed by atoms with van der Waals surface area (Å²) in [5, 5.41) is 0. The van der Waals surface area contributed by atoms with E-state index in [9.17, 15) is 0 Å². The van der Waals surface area contributed by atoms with Crippen molar-refractivity contribution in [2.75, 3.05) is 0 Å². The van der Waals surface area contributed by atoms with Crippen LogP contribution in [0.4, 0.5) is 0 Å². The molecule has 0 radical (unpaired) electrons. The molecule has 0 spiro atoms. The van der Waals surface area contributed by atoms with Gasteiger partial charge in [0.1, 0.15) is 0 Å². The Balaban J connectivity index is 2.27. The number of hydrogen-bond donors (Lipinski definition) is 0. The maximum Gasteiger partial charge on any atom is 0.00894 e. The number of hydrogen-bond acceptors (Lipinski definition) is 2. The van der Waals surface area contributed by atoms with Crippen molar-refractivity contribution in [3.8, 4) is 0 Å². The van der Waals surface area contributed by atoms with Gasteiger partial charge in [0.05, 0.1) is 0 Å². The first-order chi connectivity index (χ1) is 7.56. The molecule has 16 heavy (non-hydrogen) atoms. The molecule has 0 aliphatic heterocycles. The second-order valence-electron chi connectivity index (χ2n) is 4.07. The van der Waals surface area contributed by atoms with Crippen molar-refractivity contribution in [2.45, 2.75) is 27.7 Å². The molecular formula is C14H16S2. The van der Waals surface area contributed by atoms with Crippen LogP contribution in [0.2, 0.25) is 0 Å². The fourth-order valence-corrected chi connectivity index (χ4v) is 3.64. The second kappa shape index (κ2) is 4.56. The molecule has 2 aromatic rings. The molecule has 0 saturated carbocycles. The largest absolute Gasteiger partial charge is 0.145 e. The lowest BCUT2D eigenvalue weighted by Gasteiger charge is -1.91. The van der Waals surface area contributed by atoms with Crippen molar-refractivity contribution in [3.63, 3.8) is 0 Å².